The molecule has 1 atom stereocenters. The molecule has 5 nitrogen and oxygen atoms in total. The zero-order chi connectivity index (χ0) is 13.9. The first kappa shape index (κ1) is 14.8. The van der Waals surface area contributed by atoms with Crippen molar-refractivity contribution < 1.29 is 18.6 Å². The van der Waals surface area contributed by atoms with Gasteiger partial charge in [0.2, 0.25) is 0 Å². The fourth-order valence-corrected chi connectivity index (χ4v) is 2.24. The van der Waals surface area contributed by atoms with Gasteiger partial charge in [-0.2, -0.15) is 0 Å². The lowest BCUT2D eigenvalue weighted by atomic mass is 10.1. The number of aromatic hydroxyl groups is 2. The van der Waals surface area contributed by atoms with Crippen LogP contribution in [0.5, 0.6) is 11.5 Å². The van der Waals surface area contributed by atoms with Crippen molar-refractivity contribution in [2.24, 2.45) is 0 Å². The van der Waals surface area contributed by atoms with Crippen molar-refractivity contribution in [2.45, 2.75) is 13.0 Å². The SMILES string of the molecule is CC(c1cc(O)cc(O)c1)N(C)CCS(C)(=O)=O. The Labute approximate surface area is 108 Å². The molecule has 0 radical (unpaired) electrons. The summed E-state index contributed by atoms with van der Waals surface area (Å²) < 4.78 is 22.2. The summed E-state index contributed by atoms with van der Waals surface area (Å²) in [6, 6.07) is 4.28. The average molecular weight is 273 g/mol. The van der Waals surface area contributed by atoms with E-state index in [1.165, 1.54) is 12.3 Å². The van der Waals surface area contributed by atoms with Crippen molar-refractivity contribution in [1.29, 1.82) is 0 Å². The summed E-state index contributed by atoms with van der Waals surface area (Å²) in [5, 5.41) is 18.8. The molecule has 2 N–H and O–H groups in total. The standard InChI is InChI=1S/C12H19NO4S/c1-9(13(2)4-5-18(3,16)17)10-6-11(14)8-12(15)7-10/h6-9,14-15H,4-5H2,1-3H3. The van der Waals surface area contributed by atoms with E-state index in [0.717, 1.165) is 5.56 Å². The van der Waals surface area contributed by atoms with Crippen molar-refractivity contribution in [2.75, 3.05) is 25.6 Å². The van der Waals surface area contributed by atoms with Crippen LogP contribution in [0.1, 0.15) is 18.5 Å². The highest BCUT2D eigenvalue weighted by Crippen LogP contribution is 2.27. The quantitative estimate of drug-likeness (QED) is 0.841. The minimum absolute atomic E-state index is 0.00615. The fraction of sp³-hybridized carbons (Fsp3) is 0.500. The predicted molar refractivity (Wildman–Crippen MR) is 70.5 cm³/mol. The highest BCUT2D eigenvalue weighted by atomic mass is 32.2. The van der Waals surface area contributed by atoms with Gasteiger partial charge in [-0.3, -0.25) is 4.90 Å². The third-order valence-electron chi connectivity index (χ3n) is 2.88. The number of benzene rings is 1. The molecule has 18 heavy (non-hydrogen) atoms. The summed E-state index contributed by atoms with van der Waals surface area (Å²) in [6.07, 6.45) is 1.20. The van der Waals surface area contributed by atoms with Crippen LogP contribution in [0.3, 0.4) is 0 Å². The van der Waals surface area contributed by atoms with Gasteiger partial charge < -0.3 is 10.2 Å². The van der Waals surface area contributed by atoms with Crippen LogP contribution in [-0.2, 0) is 9.84 Å². The maximum absolute atomic E-state index is 11.1. The van der Waals surface area contributed by atoms with Crippen LogP contribution in [0.2, 0.25) is 0 Å². The highest BCUT2D eigenvalue weighted by Gasteiger charge is 2.15. The summed E-state index contributed by atoms with van der Waals surface area (Å²) in [6.45, 7) is 2.28. The monoisotopic (exact) mass is 273 g/mol. The first-order valence-electron chi connectivity index (χ1n) is 5.60. The van der Waals surface area contributed by atoms with E-state index < -0.39 is 9.84 Å². The average Bonchev–Trinajstić information content (AvgIpc) is 2.22. The lowest BCUT2D eigenvalue weighted by Gasteiger charge is -2.24. The van der Waals surface area contributed by atoms with Crippen LogP contribution in [0.25, 0.3) is 0 Å². The molecule has 1 unspecified atom stereocenters. The maximum Gasteiger partial charge on any atom is 0.148 e. The minimum Gasteiger partial charge on any atom is -0.508 e. The normalized spacial score (nSPS) is 13.8. The van der Waals surface area contributed by atoms with Gasteiger partial charge in [-0.25, -0.2) is 8.42 Å². The van der Waals surface area contributed by atoms with Crippen LogP contribution in [0, 0.1) is 0 Å². The second-order valence-electron chi connectivity index (χ2n) is 4.57. The number of hydrogen-bond acceptors (Lipinski definition) is 5. The van der Waals surface area contributed by atoms with Crippen molar-refractivity contribution in [3.8, 4) is 11.5 Å². The molecular formula is C12H19NO4S. The Morgan fingerprint density at radius 2 is 1.72 bits per heavy atom. The first-order chi connectivity index (χ1) is 8.19. The molecule has 0 aliphatic carbocycles. The van der Waals surface area contributed by atoms with Gasteiger partial charge in [0.25, 0.3) is 0 Å². The zero-order valence-electron chi connectivity index (χ0n) is 10.8. The van der Waals surface area contributed by atoms with E-state index >= 15 is 0 Å². The largest absolute Gasteiger partial charge is 0.508 e. The summed E-state index contributed by atoms with van der Waals surface area (Å²) in [5.74, 6) is 0.0697. The van der Waals surface area contributed by atoms with Crippen molar-refractivity contribution in [3.63, 3.8) is 0 Å². The third kappa shape index (κ3) is 4.54. The van der Waals surface area contributed by atoms with E-state index in [0.29, 0.717) is 6.54 Å². The first-order valence-corrected chi connectivity index (χ1v) is 7.66. The van der Waals surface area contributed by atoms with Crippen LogP contribution >= 0.6 is 0 Å². The molecule has 1 aromatic carbocycles. The maximum atomic E-state index is 11.1. The van der Waals surface area contributed by atoms with Gasteiger partial charge in [0.05, 0.1) is 5.75 Å². The van der Waals surface area contributed by atoms with Gasteiger partial charge >= 0.3 is 0 Å². The molecule has 6 heteroatoms. The van der Waals surface area contributed by atoms with E-state index in [2.05, 4.69) is 0 Å². The van der Waals surface area contributed by atoms with E-state index in [1.807, 2.05) is 11.8 Å². The lowest BCUT2D eigenvalue weighted by molar-refractivity contribution is 0.275. The lowest BCUT2D eigenvalue weighted by Crippen LogP contribution is -2.28. The number of phenolic OH excluding ortho intramolecular Hbond substituents is 2. The summed E-state index contributed by atoms with van der Waals surface area (Å²) >= 11 is 0. The van der Waals surface area contributed by atoms with E-state index in [9.17, 15) is 18.6 Å². The predicted octanol–water partition coefficient (Wildman–Crippen LogP) is 1.14. The number of nitrogens with zero attached hydrogens (tertiary/aromatic N) is 1. The Balaban J connectivity index is 2.76. The van der Waals surface area contributed by atoms with Crippen LogP contribution in [0.15, 0.2) is 18.2 Å². The second kappa shape index (κ2) is 5.58. The Morgan fingerprint density at radius 1 is 1.22 bits per heavy atom. The van der Waals surface area contributed by atoms with Gasteiger partial charge in [0, 0.05) is 24.9 Å². The number of hydrogen-bond donors (Lipinski definition) is 2. The molecule has 0 aromatic heterocycles. The molecule has 0 aliphatic rings. The molecule has 0 heterocycles. The van der Waals surface area contributed by atoms with Gasteiger partial charge in [-0.05, 0) is 31.7 Å². The second-order valence-corrected chi connectivity index (χ2v) is 6.83. The molecule has 0 fully saturated rings. The summed E-state index contributed by atoms with van der Waals surface area (Å²) in [5.41, 5.74) is 0.739. The molecule has 0 spiro atoms. The van der Waals surface area contributed by atoms with Crippen LogP contribution < -0.4 is 0 Å². The minimum atomic E-state index is -2.99. The molecule has 0 bridgehead atoms. The molecule has 1 aromatic rings. The highest BCUT2D eigenvalue weighted by molar-refractivity contribution is 7.90. The fourth-order valence-electron chi connectivity index (χ4n) is 1.62. The Morgan fingerprint density at radius 3 is 2.17 bits per heavy atom. The van der Waals surface area contributed by atoms with Crippen LogP contribution in [0.4, 0.5) is 0 Å². The van der Waals surface area contributed by atoms with Gasteiger partial charge in [-0.1, -0.05) is 0 Å². The molecular weight excluding hydrogens is 254 g/mol. The van der Waals surface area contributed by atoms with Crippen molar-refractivity contribution >= 4 is 9.84 Å². The van der Waals surface area contributed by atoms with Crippen molar-refractivity contribution in [3.05, 3.63) is 23.8 Å². The van der Waals surface area contributed by atoms with Gasteiger partial charge in [-0.15, -0.1) is 0 Å². The summed E-state index contributed by atoms with van der Waals surface area (Å²) in [7, 11) is -1.19. The number of rotatable bonds is 5. The molecule has 0 aliphatic heterocycles. The van der Waals surface area contributed by atoms with E-state index in [-0.39, 0.29) is 23.3 Å². The van der Waals surface area contributed by atoms with Crippen LogP contribution in [-0.4, -0.2) is 49.1 Å². The summed E-state index contributed by atoms with van der Waals surface area (Å²) in [4.78, 5) is 1.86. The van der Waals surface area contributed by atoms with E-state index in [1.54, 1.807) is 19.2 Å². The third-order valence-corrected chi connectivity index (χ3v) is 3.81. The van der Waals surface area contributed by atoms with E-state index in [4.69, 9.17) is 0 Å². The molecule has 0 saturated carbocycles. The Bertz CT molecular complexity index is 493. The molecule has 102 valence electrons. The molecule has 0 amide bonds. The smallest absolute Gasteiger partial charge is 0.148 e. The van der Waals surface area contributed by atoms with Gasteiger partial charge in [0.1, 0.15) is 21.3 Å². The van der Waals surface area contributed by atoms with Gasteiger partial charge in [0.15, 0.2) is 0 Å². The Hall–Kier alpha value is -1.27. The molecule has 0 saturated heterocycles. The van der Waals surface area contributed by atoms with Crippen molar-refractivity contribution in [1.82, 2.24) is 4.90 Å². The molecule has 1 rings (SSSR count). The Kier molecular flexibility index (Phi) is 4.59. The number of phenols is 2. The topological polar surface area (TPSA) is 77.8 Å². The zero-order valence-corrected chi connectivity index (χ0v) is 11.6. The number of sulfone groups is 1.